The monoisotopic (exact) mass is 709 g/mol. The van der Waals surface area contributed by atoms with Crippen LogP contribution in [0, 0.1) is 5.41 Å². The number of guanidine groups is 1. The molecule has 1 heterocycles. The number of aromatic nitrogens is 1. The third-order valence-corrected chi connectivity index (χ3v) is 7.03. The van der Waals surface area contributed by atoms with E-state index in [4.69, 9.17) is 14.2 Å². The number of alkyl carbamates (subject to hydrolysis) is 1. The van der Waals surface area contributed by atoms with Crippen LogP contribution >= 0.6 is 0 Å². The standard InChI is InChI=1S/C40H47N5O7/c1-38(2,3)24-32(25-13-11-10-12-14-25)43-33(46)31-21-17-27-23-29(20-22-30(27)42-31)50-34(47)26-15-18-28(19-16-26)41-35(44-36(48)51-39(4,5)6)45-37(49)52-40(7,8)9/h10-23,32H,24H2,1-9H3,(H,43,46)(H2,41,44,45,48,49)/t32-/m0/s1. The molecule has 12 heteroatoms. The Kier molecular flexibility index (Phi) is 12.0. The maximum Gasteiger partial charge on any atom is 0.437 e. The second kappa shape index (κ2) is 16.1. The number of hydrogen-bond acceptors (Lipinski definition) is 8. The summed E-state index contributed by atoms with van der Waals surface area (Å²) in [5.74, 6) is -0.834. The fourth-order valence-electron chi connectivity index (χ4n) is 4.93. The summed E-state index contributed by atoms with van der Waals surface area (Å²) in [5.41, 5.74) is 0.905. The Morgan fingerprint density at radius 1 is 0.769 bits per heavy atom. The molecule has 3 aromatic carbocycles. The van der Waals surface area contributed by atoms with Gasteiger partial charge in [-0.2, -0.15) is 0 Å². The number of benzene rings is 3. The van der Waals surface area contributed by atoms with Gasteiger partial charge in [0.25, 0.3) is 5.91 Å². The first-order valence-electron chi connectivity index (χ1n) is 16.9. The van der Waals surface area contributed by atoms with Crippen molar-refractivity contribution < 1.29 is 33.4 Å². The second-order valence-corrected chi connectivity index (χ2v) is 15.4. The normalized spacial score (nSPS) is 12.8. The summed E-state index contributed by atoms with van der Waals surface area (Å²) < 4.78 is 16.1. The quantitative estimate of drug-likeness (QED) is 0.0740. The molecule has 0 saturated heterocycles. The van der Waals surface area contributed by atoms with Crippen LogP contribution in [0.5, 0.6) is 5.75 Å². The van der Waals surface area contributed by atoms with Crippen LogP contribution in [0.3, 0.4) is 0 Å². The SMILES string of the molecule is CC(C)(C)C[C@H](NC(=O)c1ccc2cc(OC(=O)c3ccc(N/C(=N\C(=O)OC(C)(C)C)NC(=O)OC(C)(C)C)cc3)ccc2n1)c1ccccc1. The second-order valence-electron chi connectivity index (χ2n) is 15.4. The van der Waals surface area contributed by atoms with Crippen LogP contribution in [0.25, 0.3) is 10.9 Å². The molecule has 0 spiro atoms. The molecule has 4 aromatic rings. The van der Waals surface area contributed by atoms with E-state index >= 15 is 0 Å². The molecule has 1 atom stereocenters. The first kappa shape index (κ1) is 39.0. The van der Waals surface area contributed by atoms with Crippen molar-refractivity contribution in [2.45, 2.75) is 86.0 Å². The van der Waals surface area contributed by atoms with Gasteiger partial charge in [0.2, 0.25) is 5.96 Å². The van der Waals surface area contributed by atoms with Gasteiger partial charge in [0.15, 0.2) is 0 Å². The van der Waals surface area contributed by atoms with Gasteiger partial charge in [-0.3, -0.25) is 10.1 Å². The van der Waals surface area contributed by atoms with Crippen molar-refractivity contribution in [3.63, 3.8) is 0 Å². The summed E-state index contributed by atoms with van der Waals surface area (Å²) in [4.78, 5) is 59.5. The Bertz CT molecular complexity index is 1940. The van der Waals surface area contributed by atoms with E-state index < -0.39 is 29.4 Å². The van der Waals surface area contributed by atoms with E-state index in [1.54, 1.807) is 84.0 Å². The molecule has 3 amide bonds. The van der Waals surface area contributed by atoms with Crippen LogP contribution < -0.4 is 20.7 Å². The number of anilines is 1. The smallest absolute Gasteiger partial charge is 0.437 e. The number of carbonyl (C=O) groups excluding carboxylic acids is 4. The largest absolute Gasteiger partial charge is 0.444 e. The van der Waals surface area contributed by atoms with Gasteiger partial charge in [0.1, 0.15) is 22.6 Å². The van der Waals surface area contributed by atoms with Crippen LogP contribution in [0.1, 0.15) is 101 Å². The summed E-state index contributed by atoms with van der Waals surface area (Å²) in [6, 6.07) is 24.2. The molecule has 0 saturated carbocycles. The molecule has 0 aliphatic carbocycles. The molecule has 0 aliphatic heterocycles. The van der Waals surface area contributed by atoms with Gasteiger partial charge in [-0.05, 0) is 107 Å². The maximum atomic E-state index is 13.3. The van der Waals surface area contributed by atoms with Crippen molar-refractivity contribution in [2.75, 3.05) is 5.32 Å². The number of amides is 3. The van der Waals surface area contributed by atoms with Gasteiger partial charge in [-0.1, -0.05) is 57.2 Å². The summed E-state index contributed by atoms with van der Waals surface area (Å²) in [6.07, 6.45) is -1.01. The van der Waals surface area contributed by atoms with E-state index in [0.29, 0.717) is 22.3 Å². The molecule has 4 rings (SSSR count). The first-order chi connectivity index (χ1) is 24.2. The van der Waals surface area contributed by atoms with E-state index in [2.05, 4.69) is 46.7 Å². The predicted octanol–water partition coefficient (Wildman–Crippen LogP) is 8.59. The lowest BCUT2D eigenvalue weighted by Gasteiger charge is -2.27. The number of fused-ring (bicyclic) bond motifs is 1. The molecule has 0 radical (unpaired) electrons. The van der Waals surface area contributed by atoms with E-state index in [9.17, 15) is 19.2 Å². The lowest BCUT2D eigenvalue weighted by Crippen LogP contribution is -2.40. The average Bonchev–Trinajstić information content (AvgIpc) is 3.02. The zero-order valence-corrected chi connectivity index (χ0v) is 31.1. The number of nitrogens with one attached hydrogen (secondary N) is 3. The minimum atomic E-state index is -0.927. The highest BCUT2D eigenvalue weighted by atomic mass is 16.6. The van der Waals surface area contributed by atoms with Crippen molar-refractivity contribution in [1.82, 2.24) is 15.6 Å². The van der Waals surface area contributed by atoms with Crippen LogP contribution in [0.2, 0.25) is 0 Å². The number of rotatable bonds is 7. The van der Waals surface area contributed by atoms with Gasteiger partial charge in [-0.25, -0.2) is 19.4 Å². The Labute approximate surface area is 304 Å². The van der Waals surface area contributed by atoms with Crippen molar-refractivity contribution in [3.8, 4) is 5.75 Å². The minimum absolute atomic E-state index is 0.0143. The molecule has 0 aliphatic rings. The Balaban J connectivity index is 1.43. The van der Waals surface area contributed by atoms with E-state index in [0.717, 1.165) is 12.0 Å². The fraction of sp³-hybridized carbons (Fsp3) is 0.350. The van der Waals surface area contributed by atoms with Gasteiger partial charge < -0.3 is 24.8 Å². The first-order valence-corrected chi connectivity index (χ1v) is 16.9. The van der Waals surface area contributed by atoms with E-state index in [1.807, 2.05) is 30.3 Å². The van der Waals surface area contributed by atoms with Gasteiger partial charge >= 0.3 is 18.2 Å². The maximum absolute atomic E-state index is 13.3. The molecule has 1 aromatic heterocycles. The highest BCUT2D eigenvalue weighted by Crippen LogP contribution is 2.30. The summed E-state index contributed by atoms with van der Waals surface area (Å²) in [7, 11) is 0. The Morgan fingerprint density at radius 2 is 1.42 bits per heavy atom. The molecule has 3 N–H and O–H groups in total. The number of ether oxygens (including phenoxy) is 3. The van der Waals surface area contributed by atoms with Crippen LogP contribution in [-0.2, 0) is 9.47 Å². The van der Waals surface area contributed by atoms with Crippen molar-refractivity contribution in [1.29, 1.82) is 0 Å². The number of esters is 1. The molecule has 12 nitrogen and oxygen atoms in total. The lowest BCUT2D eigenvalue weighted by molar-refractivity contribution is 0.0561. The zero-order chi connectivity index (χ0) is 38.3. The Hall–Kier alpha value is -5.78. The number of carbonyl (C=O) groups is 4. The fourth-order valence-corrected chi connectivity index (χ4v) is 4.93. The zero-order valence-electron chi connectivity index (χ0n) is 31.1. The highest BCUT2D eigenvalue weighted by molar-refractivity contribution is 6.06. The minimum Gasteiger partial charge on any atom is -0.444 e. The third-order valence-electron chi connectivity index (χ3n) is 7.03. The van der Waals surface area contributed by atoms with Crippen LogP contribution in [0.15, 0.2) is 89.9 Å². The van der Waals surface area contributed by atoms with E-state index in [-0.39, 0.29) is 34.6 Å². The molecular weight excluding hydrogens is 662 g/mol. The van der Waals surface area contributed by atoms with Crippen molar-refractivity contribution in [3.05, 3.63) is 102 Å². The highest BCUT2D eigenvalue weighted by Gasteiger charge is 2.24. The van der Waals surface area contributed by atoms with Crippen LogP contribution in [0.4, 0.5) is 15.3 Å². The molecular formula is C40H47N5O7. The molecule has 52 heavy (non-hydrogen) atoms. The van der Waals surface area contributed by atoms with Crippen molar-refractivity contribution in [2.24, 2.45) is 10.4 Å². The number of nitrogens with zero attached hydrogens (tertiary/aromatic N) is 2. The number of aliphatic imine (C=N–C) groups is 1. The number of pyridine rings is 1. The third kappa shape index (κ3) is 12.5. The average molecular weight is 710 g/mol. The lowest BCUT2D eigenvalue weighted by atomic mass is 9.85. The van der Waals surface area contributed by atoms with E-state index in [1.165, 1.54) is 12.1 Å². The topological polar surface area (TPSA) is 157 Å². The molecule has 0 unspecified atom stereocenters. The van der Waals surface area contributed by atoms with Crippen LogP contribution in [-0.4, -0.2) is 46.2 Å². The molecule has 0 bridgehead atoms. The summed E-state index contributed by atoms with van der Waals surface area (Å²) in [6.45, 7) is 16.6. The van der Waals surface area contributed by atoms with Gasteiger partial charge in [-0.15, -0.1) is 4.99 Å². The van der Waals surface area contributed by atoms with Crippen molar-refractivity contribution >= 4 is 46.6 Å². The summed E-state index contributed by atoms with van der Waals surface area (Å²) >= 11 is 0. The molecule has 0 fully saturated rings. The summed E-state index contributed by atoms with van der Waals surface area (Å²) in [5, 5.41) is 9.08. The number of hydrogen-bond donors (Lipinski definition) is 3. The predicted molar refractivity (Wildman–Crippen MR) is 201 cm³/mol. The van der Waals surface area contributed by atoms with Gasteiger partial charge in [0.05, 0.1) is 17.1 Å². The van der Waals surface area contributed by atoms with Gasteiger partial charge in [0, 0.05) is 11.1 Å². The molecule has 274 valence electrons. The Morgan fingerprint density at radius 3 is 2.04 bits per heavy atom.